The van der Waals surface area contributed by atoms with Gasteiger partial charge in [0.1, 0.15) is 11.5 Å². The molecule has 0 saturated carbocycles. The van der Waals surface area contributed by atoms with E-state index < -0.39 is 10.8 Å². The second kappa shape index (κ2) is 5.54. The van der Waals surface area contributed by atoms with Crippen LogP contribution in [0.1, 0.15) is 18.9 Å². The van der Waals surface area contributed by atoms with Crippen molar-refractivity contribution < 1.29 is 14.5 Å². The van der Waals surface area contributed by atoms with E-state index in [1.54, 1.807) is 6.07 Å². The topological polar surface area (TPSA) is 113 Å². The summed E-state index contributed by atoms with van der Waals surface area (Å²) < 4.78 is 0. The highest BCUT2D eigenvalue weighted by molar-refractivity contribution is 6.04. The highest BCUT2D eigenvalue weighted by atomic mass is 16.6. The maximum absolute atomic E-state index is 11.3. The summed E-state index contributed by atoms with van der Waals surface area (Å²) in [6, 6.07) is 5.42. The van der Waals surface area contributed by atoms with Crippen LogP contribution >= 0.6 is 0 Å². The number of rotatable bonds is 4. The number of hydrogen-bond donors (Lipinski definition) is 1. The monoisotopic (exact) mass is 247 g/mol. The smallest absolute Gasteiger partial charge is 0.294 e. The molecule has 0 atom stereocenters. The molecule has 1 rings (SSSR count). The highest BCUT2D eigenvalue weighted by Crippen LogP contribution is 2.25. The molecule has 7 heteroatoms. The number of carbonyl (C=O) groups excluding carboxylic acids is 2. The zero-order valence-electron chi connectivity index (χ0n) is 9.47. The van der Waals surface area contributed by atoms with E-state index in [1.165, 1.54) is 19.1 Å². The van der Waals surface area contributed by atoms with Crippen molar-refractivity contribution in [2.75, 3.05) is 5.32 Å². The number of nitro groups is 1. The lowest BCUT2D eigenvalue weighted by Gasteiger charge is -2.04. The van der Waals surface area contributed by atoms with Crippen molar-refractivity contribution in [3.05, 3.63) is 33.9 Å². The highest BCUT2D eigenvalue weighted by Gasteiger charge is 2.17. The Bertz CT molecular complexity index is 560. The number of Topliss-reactive ketones (excluding diaryl/α,β-unsaturated/α-hetero) is 1. The quantitative estimate of drug-likeness (QED) is 0.490. The van der Waals surface area contributed by atoms with E-state index in [9.17, 15) is 19.7 Å². The van der Waals surface area contributed by atoms with Crippen LogP contribution in [-0.4, -0.2) is 16.6 Å². The molecule has 0 bridgehead atoms. The number of amides is 1. The van der Waals surface area contributed by atoms with Gasteiger partial charge in [0.2, 0.25) is 5.91 Å². The number of nitrogens with zero attached hydrogens (tertiary/aromatic N) is 2. The normalized spacial score (nSPS) is 9.33. The number of carbonyl (C=O) groups is 2. The van der Waals surface area contributed by atoms with Crippen LogP contribution in [0.25, 0.3) is 0 Å². The van der Waals surface area contributed by atoms with Gasteiger partial charge in [-0.3, -0.25) is 19.7 Å². The first-order valence-electron chi connectivity index (χ1n) is 4.92. The van der Waals surface area contributed by atoms with E-state index in [0.717, 1.165) is 6.07 Å². The average Bonchev–Trinajstić information content (AvgIpc) is 2.28. The maximum Gasteiger partial charge on any atom is 0.294 e. The molecule has 0 aliphatic rings. The minimum absolute atomic E-state index is 0.0368. The summed E-state index contributed by atoms with van der Waals surface area (Å²) in [6.45, 7) is 1.24. The minimum atomic E-state index is -0.704. The fraction of sp³-hybridized carbons (Fsp3) is 0.182. The van der Waals surface area contributed by atoms with Crippen LogP contribution in [0.3, 0.4) is 0 Å². The Labute approximate surface area is 102 Å². The average molecular weight is 247 g/mol. The van der Waals surface area contributed by atoms with Gasteiger partial charge in [-0.25, -0.2) is 0 Å². The van der Waals surface area contributed by atoms with Gasteiger partial charge in [0, 0.05) is 6.07 Å². The summed E-state index contributed by atoms with van der Waals surface area (Å²) in [6.07, 6.45) is -0.350. The van der Waals surface area contributed by atoms with Gasteiger partial charge in [0.25, 0.3) is 5.69 Å². The standard InChI is InChI=1S/C11H9N3O4/c1-7(15)4-11(16)13-9-3-2-8(6-12)5-10(9)14(17)18/h2-3,5H,4H2,1H3,(H,13,16). The van der Waals surface area contributed by atoms with Crippen LogP contribution in [0.5, 0.6) is 0 Å². The molecule has 0 fully saturated rings. The molecular weight excluding hydrogens is 238 g/mol. The maximum atomic E-state index is 11.3. The number of ketones is 1. The molecule has 1 aromatic carbocycles. The molecule has 0 aliphatic heterocycles. The van der Waals surface area contributed by atoms with Crippen molar-refractivity contribution in [1.29, 1.82) is 5.26 Å². The summed E-state index contributed by atoms with van der Waals surface area (Å²) in [5.41, 5.74) is -0.303. The first kappa shape index (κ1) is 13.3. The van der Waals surface area contributed by atoms with E-state index >= 15 is 0 Å². The Morgan fingerprint density at radius 3 is 2.67 bits per heavy atom. The van der Waals surface area contributed by atoms with Crippen molar-refractivity contribution in [2.24, 2.45) is 0 Å². The first-order valence-corrected chi connectivity index (χ1v) is 4.92. The van der Waals surface area contributed by atoms with Crippen molar-refractivity contribution in [3.63, 3.8) is 0 Å². The molecule has 1 amide bonds. The van der Waals surface area contributed by atoms with Crippen LogP contribution in [0.2, 0.25) is 0 Å². The van der Waals surface area contributed by atoms with E-state index in [4.69, 9.17) is 5.26 Å². The molecule has 1 N–H and O–H groups in total. The Balaban J connectivity index is 3.02. The molecular formula is C11H9N3O4. The van der Waals surface area contributed by atoms with Gasteiger partial charge in [-0.1, -0.05) is 0 Å². The van der Waals surface area contributed by atoms with Gasteiger partial charge >= 0.3 is 0 Å². The molecule has 18 heavy (non-hydrogen) atoms. The first-order chi connectivity index (χ1) is 8.43. The Morgan fingerprint density at radius 1 is 1.50 bits per heavy atom. The van der Waals surface area contributed by atoms with E-state index in [1.807, 2.05) is 0 Å². The zero-order valence-corrected chi connectivity index (χ0v) is 9.47. The van der Waals surface area contributed by atoms with E-state index in [0.29, 0.717) is 0 Å². The lowest BCUT2D eigenvalue weighted by molar-refractivity contribution is -0.383. The van der Waals surface area contributed by atoms with Crippen LogP contribution in [0.15, 0.2) is 18.2 Å². The molecule has 0 unspecified atom stereocenters. The molecule has 7 nitrogen and oxygen atoms in total. The fourth-order valence-corrected chi connectivity index (χ4v) is 1.28. The summed E-state index contributed by atoms with van der Waals surface area (Å²) in [7, 11) is 0. The van der Waals surface area contributed by atoms with Gasteiger partial charge in [-0.2, -0.15) is 5.26 Å². The van der Waals surface area contributed by atoms with Crippen LogP contribution in [-0.2, 0) is 9.59 Å². The van der Waals surface area contributed by atoms with Gasteiger partial charge < -0.3 is 5.32 Å². The molecule has 0 aliphatic carbocycles. The Hall–Kier alpha value is -2.75. The Morgan fingerprint density at radius 2 is 2.17 bits per heavy atom. The SMILES string of the molecule is CC(=O)CC(=O)Nc1ccc(C#N)cc1[N+](=O)[O-]. The van der Waals surface area contributed by atoms with E-state index in [-0.39, 0.29) is 29.1 Å². The zero-order chi connectivity index (χ0) is 13.7. The molecule has 0 saturated heterocycles. The van der Waals surface area contributed by atoms with Crippen LogP contribution in [0, 0.1) is 21.4 Å². The van der Waals surface area contributed by atoms with Crippen LogP contribution in [0.4, 0.5) is 11.4 Å². The van der Waals surface area contributed by atoms with Crippen molar-refractivity contribution >= 4 is 23.1 Å². The summed E-state index contributed by atoms with van der Waals surface area (Å²) in [5, 5.41) is 21.7. The Kier molecular flexibility index (Phi) is 4.10. The summed E-state index contributed by atoms with van der Waals surface area (Å²) in [5.74, 6) is -0.973. The number of nitrogens with one attached hydrogen (secondary N) is 1. The van der Waals surface area contributed by atoms with Crippen LogP contribution < -0.4 is 5.32 Å². The number of hydrogen-bond acceptors (Lipinski definition) is 5. The second-order valence-corrected chi connectivity index (χ2v) is 3.53. The van der Waals surface area contributed by atoms with Gasteiger partial charge in [-0.05, 0) is 19.1 Å². The predicted octanol–water partition coefficient (Wildman–Crippen LogP) is 1.38. The largest absolute Gasteiger partial charge is 0.320 e. The van der Waals surface area contributed by atoms with Crippen molar-refractivity contribution in [1.82, 2.24) is 0 Å². The second-order valence-electron chi connectivity index (χ2n) is 3.53. The molecule has 0 radical (unpaired) electrons. The third-order valence-electron chi connectivity index (χ3n) is 2.01. The molecule has 0 aromatic heterocycles. The van der Waals surface area contributed by atoms with Gasteiger partial charge in [-0.15, -0.1) is 0 Å². The lowest BCUT2D eigenvalue weighted by atomic mass is 10.2. The van der Waals surface area contributed by atoms with Crippen molar-refractivity contribution in [2.45, 2.75) is 13.3 Å². The minimum Gasteiger partial charge on any atom is -0.320 e. The van der Waals surface area contributed by atoms with Crippen molar-refractivity contribution in [3.8, 4) is 6.07 Å². The number of nitro benzene ring substituents is 1. The molecule has 0 heterocycles. The third-order valence-corrected chi connectivity index (χ3v) is 2.01. The molecule has 0 spiro atoms. The summed E-state index contributed by atoms with van der Waals surface area (Å²) >= 11 is 0. The predicted molar refractivity (Wildman–Crippen MR) is 61.7 cm³/mol. The summed E-state index contributed by atoms with van der Waals surface area (Å²) in [4.78, 5) is 32.1. The molecule has 1 aromatic rings. The number of anilines is 1. The lowest BCUT2D eigenvalue weighted by Crippen LogP contribution is -2.15. The number of benzene rings is 1. The third kappa shape index (κ3) is 3.38. The van der Waals surface area contributed by atoms with Gasteiger partial charge in [0.05, 0.1) is 23.0 Å². The van der Waals surface area contributed by atoms with Gasteiger partial charge in [0.15, 0.2) is 0 Å². The molecule has 92 valence electrons. The fourth-order valence-electron chi connectivity index (χ4n) is 1.28. The number of nitriles is 1. The van der Waals surface area contributed by atoms with E-state index in [2.05, 4.69) is 5.32 Å².